The Morgan fingerprint density at radius 2 is 1.68 bits per heavy atom. The molecule has 7 heteroatoms. The highest BCUT2D eigenvalue weighted by atomic mass is 32.1. The molecule has 0 saturated heterocycles. The van der Waals surface area contributed by atoms with E-state index in [0.717, 1.165) is 46.6 Å². The van der Waals surface area contributed by atoms with Crippen molar-refractivity contribution in [1.29, 1.82) is 0 Å². The van der Waals surface area contributed by atoms with Gasteiger partial charge in [-0.1, -0.05) is 31.4 Å². The van der Waals surface area contributed by atoms with Crippen LogP contribution in [0.3, 0.4) is 0 Å². The lowest BCUT2D eigenvalue weighted by Gasteiger charge is -2.12. The van der Waals surface area contributed by atoms with E-state index in [1.807, 2.05) is 31.2 Å². The highest BCUT2D eigenvalue weighted by molar-refractivity contribution is 7.16. The second-order valence-corrected chi connectivity index (χ2v) is 10.2. The summed E-state index contributed by atoms with van der Waals surface area (Å²) in [6.07, 6.45) is 9.43. The van der Waals surface area contributed by atoms with Gasteiger partial charge in [-0.3, -0.25) is 0 Å². The zero-order chi connectivity index (χ0) is 28.9. The minimum Gasteiger partial charge on any atom is -0.493 e. The Bertz CT molecular complexity index is 1350. The highest BCUT2D eigenvalue weighted by Gasteiger charge is 2.14. The smallest absolute Gasteiger partial charge is 0.343 e. The molecule has 0 unspecified atom stereocenters. The third kappa shape index (κ3) is 8.71. The number of carbonyl (C=O) groups excluding carboxylic acids is 2. The molecule has 40 heavy (non-hydrogen) atoms. The standard InChI is InChI=1S/C33H36O6S/c1-6-12-25-22-31(40-30(25)7-2)24-13-16-27(17-14-24)39-33(35)26-15-18-28(29(21-26)36-5)37-19-10-8-9-11-20-38-32(34)23(3)4/h6-7,12-18,21-22H,2-3,8-11,19-20H2,1,4-5H3/b12-6-. The van der Waals surface area contributed by atoms with Crippen molar-refractivity contribution >= 4 is 35.4 Å². The fourth-order valence-corrected chi connectivity index (χ4v) is 4.83. The van der Waals surface area contributed by atoms with Crippen molar-refractivity contribution in [3.63, 3.8) is 0 Å². The van der Waals surface area contributed by atoms with E-state index in [2.05, 4.69) is 25.3 Å². The molecule has 1 aromatic heterocycles. The van der Waals surface area contributed by atoms with E-state index in [4.69, 9.17) is 18.9 Å². The van der Waals surface area contributed by atoms with Gasteiger partial charge in [-0.25, -0.2) is 9.59 Å². The predicted molar refractivity (Wildman–Crippen MR) is 162 cm³/mol. The van der Waals surface area contributed by atoms with Gasteiger partial charge in [0.05, 0.1) is 25.9 Å². The molecule has 0 spiro atoms. The van der Waals surface area contributed by atoms with E-state index < -0.39 is 5.97 Å². The van der Waals surface area contributed by atoms with Gasteiger partial charge in [-0.2, -0.15) is 0 Å². The Hall–Kier alpha value is -4.10. The van der Waals surface area contributed by atoms with Gasteiger partial charge in [0.15, 0.2) is 11.5 Å². The van der Waals surface area contributed by atoms with E-state index in [-0.39, 0.29) is 5.97 Å². The van der Waals surface area contributed by atoms with Crippen LogP contribution in [-0.4, -0.2) is 32.3 Å². The molecule has 0 aliphatic carbocycles. The van der Waals surface area contributed by atoms with Crippen LogP contribution in [0.4, 0.5) is 0 Å². The monoisotopic (exact) mass is 560 g/mol. The average Bonchev–Trinajstić information content (AvgIpc) is 3.37. The molecule has 0 radical (unpaired) electrons. The topological polar surface area (TPSA) is 71.1 Å². The number of thiophene rings is 1. The summed E-state index contributed by atoms with van der Waals surface area (Å²) < 4.78 is 22.0. The number of esters is 2. The second kappa shape index (κ2) is 15.5. The maximum absolute atomic E-state index is 12.8. The minimum absolute atomic E-state index is 0.351. The van der Waals surface area contributed by atoms with Gasteiger partial charge in [-0.15, -0.1) is 11.3 Å². The Balaban J connectivity index is 1.50. The van der Waals surface area contributed by atoms with Gasteiger partial charge in [0.2, 0.25) is 0 Å². The van der Waals surface area contributed by atoms with Crippen LogP contribution in [0.5, 0.6) is 17.2 Å². The van der Waals surface area contributed by atoms with Gasteiger partial charge in [0, 0.05) is 15.3 Å². The van der Waals surface area contributed by atoms with Crippen LogP contribution >= 0.6 is 11.3 Å². The molecule has 0 amide bonds. The zero-order valence-corrected chi connectivity index (χ0v) is 24.2. The first-order valence-corrected chi connectivity index (χ1v) is 14.0. The van der Waals surface area contributed by atoms with Gasteiger partial charge >= 0.3 is 11.9 Å². The molecular weight excluding hydrogens is 524 g/mol. The van der Waals surface area contributed by atoms with Crippen LogP contribution in [0.1, 0.15) is 60.3 Å². The number of ether oxygens (including phenoxy) is 4. The van der Waals surface area contributed by atoms with Gasteiger partial charge < -0.3 is 18.9 Å². The summed E-state index contributed by atoms with van der Waals surface area (Å²) in [7, 11) is 1.53. The van der Waals surface area contributed by atoms with Gasteiger partial charge in [-0.05, 0) is 99.2 Å². The lowest BCUT2D eigenvalue weighted by atomic mass is 10.1. The molecule has 0 atom stereocenters. The number of hydrogen-bond acceptors (Lipinski definition) is 7. The molecule has 3 rings (SSSR count). The summed E-state index contributed by atoms with van der Waals surface area (Å²) in [5.41, 5.74) is 2.94. The van der Waals surface area contributed by atoms with Gasteiger partial charge in [0.25, 0.3) is 0 Å². The molecule has 0 saturated carbocycles. The number of allylic oxidation sites excluding steroid dienone is 1. The van der Waals surface area contributed by atoms with Crippen LogP contribution < -0.4 is 14.2 Å². The molecule has 3 aromatic rings. The highest BCUT2D eigenvalue weighted by Crippen LogP contribution is 2.34. The Kier molecular flexibility index (Phi) is 11.8. The quantitative estimate of drug-likeness (QED) is 0.0805. The molecule has 0 aliphatic heterocycles. The summed E-state index contributed by atoms with van der Waals surface area (Å²) in [4.78, 5) is 26.4. The van der Waals surface area contributed by atoms with Crippen molar-refractivity contribution < 1.29 is 28.5 Å². The third-order valence-electron chi connectivity index (χ3n) is 5.95. The number of methoxy groups -OCH3 is 1. The van der Waals surface area contributed by atoms with Crippen molar-refractivity contribution in [2.75, 3.05) is 20.3 Å². The van der Waals surface area contributed by atoms with E-state index in [1.165, 1.54) is 7.11 Å². The number of rotatable bonds is 15. The minimum atomic E-state index is -0.481. The maximum atomic E-state index is 12.8. The molecule has 0 bridgehead atoms. The van der Waals surface area contributed by atoms with E-state index in [1.54, 1.807) is 48.6 Å². The van der Waals surface area contributed by atoms with Crippen LogP contribution in [0.25, 0.3) is 22.6 Å². The third-order valence-corrected chi connectivity index (χ3v) is 7.14. The molecule has 0 N–H and O–H groups in total. The van der Waals surface area contributed by atoms with Crippen LogP contribution in [-0.2, 0) is 9.53 Å². The van der Waals surface area contributed by atoms with Crippen molar-refractivity contribution in [3.05, 3.63) is 89.3 Å². The summed E-state index contributed by atoms with van der Waals surface area (Å²) >= 11 is 1.67. The second-order valence-electron chi connectivity index (χ2n) is 9.09. The van der Waals surface area contributed by atoms with Crippen LogP contribution in [0, 0.1) is 0 Å². The fourth-order valence-electron chi connectivity index (χ4n) is 3.83. The first-order chi connectivity index (χ1) is 19.4. The molecule has 210 valence electrons. The summed E-state index contributed by atoms with van der Waals surface area (Å²) in [6.45, 7) is 12.0. The fraction of sp³-hybridized carbons (Fsp3) is 0.273. The normalized spacial score (nSPS) is 10.8. The van der Waals surface area contributed by atoms with Gasteiger partial charge in [0.1, 0.15) is 5.75 Å². The van der Waals surface area contributed by atoms with E-state index >= 15 is 0 Å². The first kappa shape index (κ1) is 30.4. The van der Waals surface area contributed by atoms with Crippen LogP contribution in [0.2, 0.25) is 0 Å². The molecule has 6 nitrogen and oxygen atoms in total. The Labute approximate surface area is 240 Å². The molecule has 1 heterocycles. The number of benzene rings is 2. The zero-order valence-electron chi connectivity index (χ0n) is 23.4. The maximum Gasteiger partial charge on any atom is 0.343 e. The van der Waals surface area contributed by atoms with E-state index in [9.17, 15) is 9.59 Å². The summed E-state index contributed by atoms with van der Waals surface area (Å²) in [6, 6.07) is 14.6. The average molecular weight is 561 g/mol. The molecule has 0 aliphatic rings. The summed E-state index contributed by atoms with van der Waals surface area (Å²) in [5.74, 6) is 0.647. The SMILES string of the molecule is C=Cc1sc(-c2ccc(OC(=O)c3ccc(OCCCCCCOC(=O)C(=C)C)c(OC)c3)cc2)cc1/C=C\C. The largest absolute Gasteiger partial charge is 0.493 e. The molecule has 2 aromatic carbocycles. The number of unbranched alkanes of at least 4 members (excludes halogenated alkanes) is 3. The number of carbonyl (C=O) groups is 2. The molecule has 0 fully saturated rings. The van der Waals surface area contributed by atoms with E-state index in [0.29, 0.717) is 41.6 Å². The lowest BCUT2D eigenvalue weighted by molar-refractivity contribution is -0.139. The van der Waals surface area contributed by atoms with Crippen molar-refractivity contribution in [1.82, 2.24) is 0 Å². The van der Waals surface area contributed by atoms with Crippen molar-refractivity contribution in [2.45, 2.75) is 39.5 Å². The predicted octanol–water partition coefficient (Wildman–Crippen LogP) is 8.38. The molecular formula is C33H36O6S. The number of hydrogen-bond donors (Lipinski definition) is 0. The van der Waals surface area contributed by atoms with Crippen LogP contribution in [0.15, 0.2) is 73.3 Å². The first-order valence-electron chi connectivity index (χ1n) is 13.2. The van der Waals surface area contributed by atoms with Crippen molar-refractivity contribution in [3.8, 4) is 27.7 Å². The Morgan fingerprint density at radius 1 is 0.950 bits per heavy atom. The summed E-state index contributed by atoms with van der Waals surface area (Å²) in [5, 5.41) is 0. The lowest BCUT2D eigenvalue weighted by Crippen LogP contribution is -2.09. The Morgan fingerprint density at radius 3 is 2.33 bits per heavy atom. The van der Waals surface area contributed by atoms with Crippen molar-refractivity contribution in [2.24, 2.45) is 0 Å².